The van der Waals surface area contributed by atoms with Gasteiger partial charge in [-0.15, -0.1) is 0 Å². The van der Waals surface area contributed by atoms with Crippen molar-refractivity contribution in [1.82, 2.24) is 5.32 Å². The molecular formula is C12H11N3O3. The van der Waals surface area contributed by atoms with Crippen molar-refractivity contribution in [2.45, 2.75) is 6.54 Å². The second-order valence-corrected chi connectivity index (χ2v) is 3.79. The van der Waals surface area contributed by atoms with Crippen molar-refractivity contribution < 1.29 is 14.4 Å². The molecule has 0 bridgehead atoms. The number of piperazine rings is 1. The Morgan fingerprint density at radius 2 is 2.00 bits per heavy atom. The monoisotopic (exact) mass is 245 g/mol. The molecule has 1 aromatic rings. The number of nitrogens with one attached hydrogen (secondary N) is 1. The molecule has 0 saturated carbocycles. The van der Waals surface area contributed by atoms with Gasteiger partial charge in [-0.2, -0.15) is 0 Å². The number of hydrogen-bond donors (Lipinski definition) is 1. The molecule has 0 aromatic heterocycles. The lowest BCUT2D eigenvalue weighted by atomic mass is 10.2. The van der Waals surface area contributed by atoms with Crippen LogP contribution in [0, 0.1) is 0 Å². The summed E-state index contributed by atoms with van der Waals surface area (Å²) in [6, 6.07) is 6.98. The van der Waals surface area contributed by atoms with E-state index in [2.05, 4.69) is 10.3 Å². The third-order valence-corrected chi connectivity index (χ3v) is 2.63. The van der Waals surface area contributed by atoms with Crippen molar-refractivity contribution >= 4 is 23.6 Å². The van der Waals surface area contributed by atoms with Crippen LogP contribution in [0.4, 0.5) is 5.69 Å². The summed E-state index contributed by atoms with van der Waals surface area (Å²) in [5, 5.41) is 2.48. The maximum atomic E-state index is 11.6. The highest BCUT2D eigenvalue weighted by Crippen LogP contribution is 2.17. The Labute approximate surface area is 103 Å². The zero-order valence-corrected chi connectivity index (χ0v) is 9.55. The summed E-state index contributed by atoms with van der Waals surface area (Å²) >= 11 is 0. The number of carbonyl (C=O) groups is 2. The Hall–Kier alpha value is -2.46. The molecule has 1 fully saturated rings. The lowest BCUT2D eigenvalue weighted by Crippen LogP contribution is -2.52. The SMILES string of the molecule is O=C=NCc1ccc(N2CCNC(=O)C2=O)cc1. The van der Waals surface area contributed by atoms with Gasteiger partial charge in [0.1, 0.15) is 0 Å². The summed E-state index contributed by atoms with van der Waals surface area (Å²) < 4.78 is 0. The number of hydrogen-bond acceptors (Lipinski definition) is 4. The van der Waals surface area contributed by atoms with Gasteiger partial charge in [0.2, 0.25) is 6.08 Å². The second-order valence-electron chi connectivity index (χ2n) is 3.79. The van der Waals surface area contributed by atoms with Crippen LogP contribution in [0.15, 0.2) is 29.3 Å². The largest absolute Gasteiger partial charge is 0.346 e. The molecule has 1 aliphatic rings. The van der Waals surface area contributed by atoms with Gasteiger partial charge in [-0.1, -0.05) is 12.1 Å². The van der Waals surface area contributed by atoms with Crippen LogP contribution in [0.3, 0.4) is 0 Å². The quantitative estimate of drug-likeness (QED) is 0.462. The third-order valence-electron chi connectivity index (χ3n) is 2.63. The standard InChI is InChI=1S/C12H11N3O3/c16-8-13-7-9-1-3-10(4-2-9)15-6-5-14-11(17)12(15)18/h1-4H,5-7H2,(H,14,17). The number of isocyanates is 1. The average molecular weight is 245 g/mol. The zero-order chi connectivity index (χ0) is 13.0. The molecule has 2 amide bonds. The molecule has 1 saturated heterocycles. The van der Waals surface area contributed by atoms with Crippen molar-refractivity contribution in [1.29, 1.82) is 0 Å². The van der Waals surface area contributed by atoms with Gasteiger partial charge >= 0.3 is 11.8 Å². The minimum absolute atomic E-state index is 0.262. The number of benzene rings is 1. The number of anilines is 1. The van der Waals surface area contributed by atoms with Gasteiger partial charge in [-0.3, -0.25) is 9.59 Å². The van der Waals surface area contributed by atoms with E-state index in [1.165, 1.54) is 11.0 Å². The van der Waals surface area contributed by atoms with Crippen molar-refractivity contribution in [3.63, 3.8) is 0 Å². The van der Waals surface area contributed by atoms with Crippen LogP contribution in [-0.2, 0) is 20.9 Å². The molecule has 2 rings (SSSR count). The average Bonchev–Trinajstić information content (AvgIpc) is 2.40. The maximum Gasteiger partial charge on any atom is 0.316 e. The highest BCUT2D eigenvalue weighted by atomic mass is 16.2. The van der Waals surface area contributed by atoms with Crippen LogP contribution in [0.5, 0.6) is 0 Å². The first-order chi connectivity index (χ1) is 8.72. The molecule has 1 heterocycles. The Balaban J connectivity index is 2.16. The van der Waals surface area contributed by atoms with E-state index in [4.69, 9.17) is 0 Å². The lowest BCUT2D eigenvalue weighted by molar-refractivity contribution is -0.138. The smallest absolute Gasteiger partial charge is 0.316 e. The number of rotatable bonds is 3. The molecule has 6 nitrogen and oxygen atoms in total. The summed E-state index contributed by atoms with van der Waals surface area (Å²) in [5.74, 6) is -1.14. The fourth-order valence-electron chi connectivity index (χ4n) is 1.73. The van der Waals surface area contributed by atoms with E-state index in [1.54, 1.807) is 24.3 Å². The van der Waals surface area contributed by atoms with Crippen molar-refractivity contribution in [2.24, 2.45) is 4.99 Å². The lowest BCUT2D eigenvalue weighted by Gasteiger charge is -2.26. The van der Waals surface area contributed by atoms with Gasteiger partial charge in [0, 0.05) is 18.8 Å². The highest BCUT2D eigenvalue weighted by molar-refractivity contribution is 6.41. The fraction of sp³-hybridized carbons (Fsp3) is 0.250. The minimum Gasteiger partial charge on any atom is -0.346 e. The van der Waals surface area contributed by atoms with Crippen molar-refractivity contribution in [3.05, 3.63) is 29.8 Å². The fourth-order valence-corrected chi connectivity index (χ4v) is 1.73. The molecule has 0 radical (unpaired) electrons. The van der Waals surface area contributed by atoms with Gasteiger partial charge in [0.25, 0.3) is 0 Å². The van der Waals surface area contributed by atoms with E-state index in [9.17, 15) is 14.4 Å². The summed E-state index contributed by atoms with van der Waals surface area (Å²) in [6.45, 7) is 1.16. The van der Waals surface area contributed by atoms with Crippen LogP contribution in [0.1, 0.15) is 5.56 Å². The first-order valence-electron chi connectivity index (χ1n) is 5.44. The van der Waals surface area contributed by atoms with E-state index in [0.717, 1.165) is 5.56 Å². The van der Waals surface area contributed by atoms with Gasteiger partial charge in [-0.25, -0.2) is 9.79 Å². The van der Waals surface area contributed by atoms with Crippen molar-refractivity contribution in [3.8, 4) is 0 Å². The predicted molar refractivity (Wildman–Crippen MR) is 63.6 cm³/mol. The van der Waals surface area contributed by atoms with E-state index >= 15 is 0 Å². The molecule has 18 heavy (non-hydrogen) atoms. The number of carbonyl (C=O) groups excluding carboxylic acids is 3. The van der Waals surface area contributed by atoms with E-state index in [-0.39, 0.29) is 6.54 Å². The second kappa shape index (κ2) is 5.25. The zero-order valence-electron chi connectivity index (χ0n) is 9.55. The predicted octanol–water partition coefficient (Wildman–Crippen LogP) is -0.0148. The summed E-state index contributed by atoms with van der Waals surface area (Å²) in [5.41, 5.74) is 1.50. The van der Waals surface area contributed by atoms with Gasteiger partial charge in [-0.05, 0) is 17.7 Å². The summed E-state index contributed by atoms with van der Waals surface area (Å²) in [4.78, 5) is 37.7. The molecule has 6 heteroatoms. The molecule has 0 spiro atoms. The molecule has 0 unspecified atom stereocenters. The normalized spacial score (nSPS) is 15.0. The summed E-state index contributed by atoms with van der Waals surface area (Å²) in [7, 11) is 0. The Bertz CT molecular complexity index is 518. The minimum atomic E-state index is -0.587. The maximum absolute atomic E-state index is 11.6. The Morgan fingerprint density at radius 3 is 2.67 bits per heavy atom. The number of amides is 2. The Morgan fingerprint density at radius 1 is 1.28 bits per heavy atom. The van der Waals surface area contributed by atoms with E-state index in [1.807, 2.05) is 0 Å². The van der Waals surface area contributed by atoms with Gasteiger partial charge in [0.05, 0.1) is 6.54 Å². The molecule has 92 valence electrons. The molecular weight excluding hydrogens is 234 g/mol. The van der Waals surface area contributed by atoms with Crippen molar-refractivity contribution in [2.75, 3.05) is 18.0 Å². The van der Waals surface area contributed by atoms with Gasteiger partial charge in [0.15, 0.2) is 0 Å². The molecule has 1 aromatic carbocycles. The number of aliphatic imine (C=N–C) groups is 1. The van der Waals surface area contributed by atoms with Crippen LogP contribution in [0.2, 0.25) is 0 Å². The van der Waals surface area contributed by atoms with E-state index in [0.29, 0.717) is 18.8 Å². The first kappa shape index (κ1) is 12.0. The third kappa shape index (κ3) is 2.44. The topological polar surface area (TPSA) is 78.8 Å². The van der Waals surface area contributed by atoms with Crippen LogP contribution < -0.4 is 10.2 Å². The van der Waals surface area contributed by atoms with Crippen LogP contribution in [0.25, 0.3) is 0 Å². The van der Waals surface area contributed by atoms with Crippen LogP contribution in [-0.4, -0.2) is 31.0 Å². The molecule has 0 aliphatic carbocycles. The Kier molecular flexibility index (Phi) is 3.50. The summed E-state index contributed by atoms with van der Waals surface area (Å²) in [6.07, 6.45) is 1.46. The molecule has 0 atom stereocenters. The molecule has 1 N–H and O–H groups in total. The van der Waals surface area contributed by atoms with Gasteiger partial charge < -0.3 is 10.2 Å². The highest BCUT2D eigenvalue weighted by Gasteiger charge is 2.26. The molecule has 1 aliphatic heterocycles. The van der Waals surface area contributed by atoms with Crippen LogP contribution >= 0.6 is 0 Å². The van der Waals surface area contributed by atoms with E-state index < -0.39 is 11.8 Å². The number of nitrogens with zero attached hydrogens (tertiary/aromatic N) is 2. The first-order valence-corrected chi connectivity index (χ1v) is 5.44.